The number of nitrogens with two attached hydrogens (primary N) is 1. The van der Waals surface area contributed by atoms with Gasteiger partial charge in [-0.1, -0.05) is 30.3 Å². The summed E-state index contributed by atoms with van der Waals surface area (Å²) in [4.78, 5) is 2.52. The van der Waals surface area contributed by atoms with E-state index in [4.69, 9.17) is 15.2 Å². The van der Waals surface area contributed by atoms with Crippen molar-refractivity contribution in [1.29, 1.82) is 0 Å². The van der Waals surface area contributed by atoms with Gasteiger partial charge in [-0.25, -0.2) is 0 Å². The topological polar surface area (TPSA) is 59.8 Å². The predicted octanol–water partition coefficient (Wildman–Crippen LogP) is 3.30. The molecule has 2 aromatic rings. The summed E-state index contributed by atoms with van der Waals surface area (Å²) >= 11 is 0. The molecule has 1 saturated heterocycles. The largest absolute Gasteiger partial charge is 0.486 e. The van der Waals surface area contributed by atoms with Crippen LogP contribution in [0.3, 0.4) is 0 Å². The zero-order valence-corrected chi connectivity index (χ0v) is 16.5. The summed E-state index contributed by atoms with van der Waals surface area (Å²) < 4.78 is 11.9. The molecule has 28 heavy (non-hydrogen) atoms. The third-order valence-corrected chi connectivity index (χ3v) is 5.84. The number of fused-ring (bicyclic) bond motifs is 1. The van der Waals surface area contributed by atoms with Crippen molar-refractivity contribution in [2.45, 2.75) is 31.9 Å². The molecule has 2 aliphatic heterocycles. The normalized spacial score (nSPS) is 20.2. The van der Waals surface area contributed by atoms with E-state index in [1.807, 2.05) is 42.5 Å². The van der Waals surface area contributed by atoms with Crippen LogP contribution in [0.15, 0.2) is 48.5 Å². The molecule has 2 aromatic carbocycles. The van der Waals surface area contributed by atoms with E-state index in [1.165, 1.54) is 24.8 Å². The number of anilines is 1. The second kappa shape index (κ2) is 9.30. The molecule has 0 amide bonds. The fourth-order valence-corrected chi connectivity index (χ4v) is 4.12. The van der Waals surface area contributed by atoms with Crippen molar-refractivity contribution in [3.63, 3.8) is 0 Å². The van der Waals surface area contributed by atoms with E-state index in [0.717, 1.165) is 55.8 Å². The van der Waals surface area contributed by atoms with E-state index in [0.29, 0.717) is 6.61 Å². The molecule has 1 fully saturated rings. The molecule has 2 heterocycles. The maximum atomic E-state index is 6.11. The van der Waals surface area contributed by atoms with Gasteiger partial charge in [0.15, 0.2) is 11.5 Å². The van der Waals surface area contributed by atoms with Gasteiger partial charge in [0, 0.05) is 18.8 Å². The van der Waals surface area contributed by atoms with Crippen molar-refractivity contribution >= 4 is 5.69 Å². The van der Waals surface area contributed by atoms with Gasteiger partial charge < -0.3 is 20.5 Å². The first-order chi connectivity index (χ1) is 13.8. The van der Waals surface area contributed by atoms with Crippen LogP contribution in [0.2, 0.25) is 0 Å². The van der Waals surface area contributed by atoms with Crippen LogP contribution in [0.25, 0.3) is 0 Å². The Morgan fingerprint density at radius 2 is 1.75 bits per heavy atom. The molecule has 0 aromatic heterocycles. The second-order valence-electron chi connectivity index (χ2n) is 7.91. The van der Waals surface area contributed by atoms with Gasteiger partial charge in [0.25, 0.3) is 0 Å². The highest BCUT2D eigenvalue weighted by molar-refractivity contribution is 5.46. The van der Waals surface area contributed by atoms with Gasteiger partial charge in [-0.15, -0.1) is 0 Å². The average Bonchev–Trinajstić information content (AvgIpc) is 2.73. The smallest absolute Gasteiger partial charge is 0.161 e. The lowest BCUT2D eigenvalue weighted by Gasteiger charge is -2.35. The molecule has 1 atom stereocenters. The molecule has 1 unspecified atom stereocenters. The van der Waals surface area contributed by atoms with Crippen molar-refractivity contribution in [1.82, 2.24) is 10.2 Å². The number of piperidine rings is 1. The number of rotatable bonds is 7. The van der Waals surface area contributed by atoms with Gasteiger partial charge in [0.05, 0.1) is 0 Å². The van der Waals surface area contributed by atoms with Crippen molar-refractivity contribution in [3.05, 3.63) is 54.1 Å². The third kappa shape index (κ3) is 4.97. The highest BCUT2D eigenvalue weighted by Gasteiger charge is 2.25. The fraction of sp³-hybridized carbons (Fsp3) is 0.478. The Labute approximate surface area is 167 Å². The maximum Gasteiger partial charge on any atom is 0.161 e. The maximum absolute atomic E-state index is 6.11. The quantitative estimate of drug-likeness (QED) is 0.569. The zero-order valence-electron chi connectivity index (χ0n) is 16.5. The monoisotopic (exact) mass is 381 g/mol. The number of likely N-dealkylation sites (tertiary alicyclic amines) is 1. The Balaban J connectivity index is 1.13. The van der Waals surface area contributed by atoms with Crippen LogP contribution in [0.4, 0.5) is 5.69 Å². The lowest BCUT2D eigenvalue weighted by atomic mass is 9.93. The summed E-state index contributed by atoms with van der Waals surface area (Å²) in [7, 11) is 0. The molecular formula is C23H31N3O2. The van der Waals surface area contributed by atoms with Crippen molar-refractivity contribution in [2.24, 2.45) is 5.92 Å². The molecular weight excluding hydrogens is 350 g/mol. The highest BCUT2D eigenvalue weighted by Crippen LogP contribution is 2.31. The summed E-state index contributed by atoms with van der Waals surface area (Å²) in [5, 5.41) is 3.55. The molecule has 0 saturated carbocycles. The second-order valence-corrected chi connectivity index (χ2v) is 7.91. The summed E-state index contributed by atoms with van der Waals surface area (Å²) in [5.41, 5.74) is 8.06. The number of ether oxygens (including phenoxy) is 2. The number of nitrogens with zero attached hydrogens (tertiary/aromatic N) is 1. The number of benzene rings is 2. The summed E-state index contributed by atoms with van der Waals surface area (Å²) in [6, 6.07) is 16.0. The molecule has 0 radical (unpaired) electrons. The number of hydrogen-bond donors (Lipinski definition) is 2. The Kier molecular flexibility index (Phi) is 6.34. The number of nitrogen functional groups attached to an aromatic ring is 1. The molecule has 0 spiro atoms. The van der Waals surface area contributed by atoms with Gasteiger partial charge in [0.1, 0.15) is 12.7 Å². The molecule has 4 rings (SSSR count). The van der Waals surface area contributed by atoms with Crippen LogP contribution in [-0.2, 0) is 6.54 Å². The Morgan fingerprint density at radius 3 is 2.57 bits per heavy atom. The van der Waals surface area contributed by atoms with E-state index in [1.54, 1.807) is 0 Å². The van der Waals surface area contributed by atoms with Crippen LogP contribution in [-0.4, -0.2) is 43.8 Å². The first-order valence-electron chi connectivity index (χ1n) is 10.4. The highest BCUT2D eigenvalue weighted by atomic mass is 16.6. The predicted molar refractivity (Wildman–Crippen MR) is 113 cm³/mol. The average molecular weight is 382 g/mol. The van der Waals surface area contributed by atoms with Gasteiger partial charge >= 0.3 is 0 Å². The number of nitrogens with one attached hydrogen (secondary N) is 1. The Bertz CT molecular complexity index is 759. The standard InChI is InChI=1S/C23H31N3O2/c24-21-6-2-1-5-19(21)15-25-12-9-18-10-13-26(14-11-18)16-20-17-27-22-7-3-4-8-23(22)28-20/h1-8,18,20,25H,9-17,24H2. The van der Waals surface area contributed by atoms with E-state index in [9.17, 15) is 0 Å². The molecule has 5 nitrogen and oxygen atoms in total. The molecule has 5 heteroatoms. The van der Waals surface area contributed by atoms with Crippen LogP contribution >= 0.6 is 0 Å². The SMILES string of the molecule is Nc1ccccc1CNCCC1CCN(CC2COc3ccccc3O2)CC1. The molecule has 0 bridgehead atoms. The van der Waals surface area contributed by atoms with Crippen molar-refractivity contribution < 1.29 is 9.47 Å². The van der Waals surface area contributed by atoms with E-state index in [-0.39, 0.29) is 6.10 Å². The third-order valence-electron chi connectivity index (χ3n) is 5.84. The number of hydrogen-bond acceptors (Lipinski definition) is 5. The summed E-state index contributed by atoms with van der Waals surface area (Å²) in [6.07, 6.45) is 3.89. The lowest BCUT2D eigenvalue weighted by Crippen LogP contribution is -2.44. The van der Waals surface area contributed by atoms with Crippen LogP contribution in [0, 0.1) is 5.92 Å². The van der Waals surface area contributed by atoms with E-state index >= 15 is 0 Å². The summed E-state index contributed by atoms with van der Waals surface area (Å²) in [5.74, 6) is 2.54. The minimum absolute atomic E-state index is 0.129. The number of para-hydroxylation sites is 3. The van der Waals surface area contributed by atoms with Crippen LogP contribution in [0.1, 0.15) is 24.8 Å². The van der Waals surface area contributed by atoms with E-state index < -0.39 is 0 Å². The first kappa shape index (κ1) is 19.1. The van der Waals surface area contributed by atoms with Crippen LogP contribution < -0.4 is 20.5 Å². The van der Waals surface area contributed by atoms with Gasteiger partial charge in [0.2, 0.25) is 0 Å². The Hall–Kier alpha value is -2.24. The van der Waals surface area contributed by atoms with Gasteiger partial charge in [-0.2, -0.15) is 0 Å². The lowest BCUT2D eigenvalue weighted by molar-refractivity contribution is 0.0472. The summed E-state index contributed by atoms with van der Waals surface area (Å²) in [6.45, 7) is 5.80. The van der Waals surface area contributed by atoms with Crippen molar-refractivity contribution in [3.8, 4) is 11.5 Å². The molecule has 150 valence electrons. The minimum Gasteiger partial charge on any atom is -0.486 e. The molecule has 2 aliphatic rings. The molecule has 3 N–H and O–H groups in total. The molecule has 0 aliphatic carbocycles. The Morgan fingerprint density at radius 1 is 1.00 bits per heavy atom. The van der Waals surface area contributed by atoms with Gasteiger partial charge in [-0.05, 0) is 68.6 Å². The van der Waals surface area contributed by atoms with Crippen LogP contribution in [0.5, 0.6) is 11.5 Å². The van der Waals surface area contributed by atoms with Crippen molar-refractivity contribution in [2.75, 3.05) is 38.5 Å². The zero-order chi connectivity index (χ0) is 19.2. The fourth-order valence-electron chi connectivity index (χ4n) is 4.12. The first-order valence-corrected chi connectivity index (χ1v) is 10.4. The van der Waals surface area contributed by atoms with E-state index in [2.05, 4.69) is 16.3 Å². The minimum atomic E-state index is 0.129. The van der Waals surface area contributed by atoms with Gasteiger partial charge in [-0.3, -0.25) is 4.90 Å².